The fraction of sp³-hybridized carbons (Fsp3) is 0.667. The molecule has 3 rings (SSSR count). The lowest BCUT2D eigenvalue weighted by Gasteiger charge is -2.47. The highest BCUT2D eigenvalue weighted by Gasteiger charge is 2.47. The van der Waals surface area contributed by atoms with Crippen LogP contribution in [0, 0.1) is 5.92 Å². The topological polar surface area (TPSA) is 57.2 Å². The van der Waals surface area contributed by atoms with E-state index in [-0.39, 0.29) is 12.0 Å². The molecule has 1 N–H and O–H groups in total. The summed E-state index contributed by atoms with van der Waals surface area (Å²) in [6, 6.07) is 9.76. The van der Waals surface area contributed by atoms with Gasteiger partial charge >= 0.3 is 0 Å². The highest BCUT2D eigenvalue weighted by Crippen LogP contribution is 2.36. The van der Waals surface area contributed by atoms with E-state index in [0.29, 0.717) is 13.2 Å². The van der Waals surface area contributed by atoms with Crippen LogP contribution in [0.25, 0.3) is 0 Å². The summed E-state index contributed by atoms with van der Waals surface area (Å²) in [6.07, 6.45) is -0.127. The number of hydrogen-bond donors (Lipinski definition) is 1. The first-order chi connectivity index (χ1) is 11.2. The van der Waals surface area contributed by atoms with E-state index >= 15 is 0 Å². The standard InChI is InChI=1S/C18H26O5/c1-3-4-10-20-17-12(2)15(19)16-14(22-17)11-21-18(23-16)13-8-6-5-7-9-13/h5-9,12,14-19H,3-4,10-11H2,1-2H3. The fourth-order valence-corrected chi connectivity index (χ4v) is 3.04. The Labute approximate surface area is 137 Å². The lowest BCUT2D eigenvalue weighted by Crippen LogP contribution is -2.59. The van der Waals surface area contributed by atoms with Crippen LogP contribution in [0.5, 0.6) is 0 Å². The first kappa shape index (κ1) is 16.9. The van der Waals surface area contributed by atoms with Crippen LogP contribution in [-0.2, 0) is 18.9 Å². The number of unbranched alkanes of at least 4 members (excludes halogenated alkanes) is 1. The summed E-state index contributed by atoms with van der Waals surface area (Å²) in [6.45, 7) is 5.09. The Hall–Kier alpha value is -0.980. The van der Waals surface area contributed by atoms with Crippen LogP contribution in [0.2, 0.25) is 0 Å². The molecule has 0 amide bonds. The molecule has 0 bridgehead atoms. The maximum absolute atomic E-state index is 10.6. The molecule has 1 aromatic carbocycles. The van der Waals surface area contributed by atoms with Gasteiger partial charge in [-0.15, -0.1) is 0 Å². The van der Waals surface area contributed by atoms with E-state index in [1.807, 2.05) is 37.3 Å². The van der Waals surface area contributed by atoms with Gasteiger partial charge in [-0.1, -0.05) is 50.6 Å². The molecule has 2 aliphatic heterocycles. The predicted octanol–water partition coefficient (Wildman–Crippen LogP) is 2.64. The number of rotatable bonds is 5. The summed E-state index contributed by atoms with van der Waals surface area (Å²) in [5.74, 6) is -0.136. The summed E-state index contributed by atoms with van der Waals surface area (Å²) >= 11 is 0. The van der Waals surface area contributed by atoms with E-state index in [9.17, 15) is 5.11 Å². The van der Waals surface area contributed by atoms with Crippen LogP contribution >= 0.6 is 0 Å². The molecule has 2 saturated heterocycles. The summed E-state index contributed by atoms with van der Waals surface area (Å²) in [5.41, 5.74) is 0.951. The molecule has 0 aliphatic carbocycles. The Bertz CT molecular complexity index is 478. The number of benzene rings is 1. The van der Waals surface area contributed by atoms with Crippen LogP contribution in [0.4, 0.5) is 0 Å². The van der Waals surface area contributed by atoms with Crippen LogP contribution in [0.15, 0.2) is 30.3 Å². The van der Waals surface area contributed by atoms with Gasteiger partial charge in [0.1, 0.15) is 12.2 Å². The van der Waals surface area contributed by atoms with Gasteiger partial charge in [0, 0.05) is 18.1 Å². The van der Waals surface area contributed by atoms with Gasteiger partial charge in [0.25, 0.3) is 0 Å². The summed E-state index contributed by atoms with van der Waals surface area (Å²) in [7, 11) is 0. The lowest BCUT2D eigenvalue weighted by atomic mass is 9.91. The molecule has 2 heterocycles. The summed E-state index contributed by atoms with van der Waals surface area (Å²) in [4.78, 5) is 0. The molecule has 2 fully saturated rings. The molecule has 128 valence electrons. The van der Waals surface area contributed by atoms with Crippen molar-refractivity contribution in [3.8, 4) is 0 Å². The second kappa shape index (κ2) is 7.73. The van der Waals surface area contributed by atoms with Crippen LogP contribution < -0.4 is 0 Å². The van der Waals surface area contributed by atoms with E-state index in [4.69, 9.17) is 18.9 Å². The maximum atomic E-state index is 10.6. The zero-order chi connectivity index (χ0) is 16.2. The maximum Gasteiger partial charge on any atom is 0.184 e. The normalized spacial score (nSPS) is 37.3. The molecule has 6 unspecified atom stereocenters. The molecule has 0 spiro atoms. The number of fused-ring (bicyclic) bond motifs is 1. The van der Waals surface area contributed by atoms with Crippen molar-refractivity contribution < 1.29 is 24.1 Å². The van der Waals surface area contributed by atoms with Gasteiger partial charge in [-0.3, -0.25) is 0 Å². The fourth-order valence-electron chi connectivity index (χ4n) is 3.04. The van der Waals surface area contributed by atoms with Crippen molar-refractivity contribution in [2.75, 3.05) is 13.2 Å². The quantitative estimate of drug-likeness (QED) is 0.845. The molecule has 0 radical (unpaired) electrons. The molecule has 23 heavy (non-hydrogen) atoms. The van der Waals surface area contributed by atoms with Crippen LogP contribution in [-0.4, -0.2) is 42.9 Å². The second-order valence-electron chi connectivity index (χ2n) is 6.29. The number of ether oxygens (including phenoxy) is 4. The number of hydrogen-bond acceptors (Lipinski definition) is 5. The van der Waals surface area contributed by atoms with Gasteiger partial charge in [-0.05, 0) is 6.42 Å². The minimum absolute atomic E-state index is 0.136. The first-order valence-electron chi connectivity index (χ1n) is 8.48. The Morgan fingerprint density at radius 1 is 1.22 bits per heavy atom. The smallest absolute Gasteiger partial charge is 0.184 e. The van der Waals surface area contributed by atoms with Crippen LogP contribution in [0.1, 0.15) is 38.5 Å². The average Bonchev–Trinajstić information content (AvgIpc) is 2.60. The molecule has 5 heteroatoms. The van der Waals surface area contributed by atoms with Gasteiger partial charge in [0.15, 0.2) is 12.6 Å². The van der Waals surface area contributed by atoms with Crippen molar-refractivity contribution in [3.63, 3.8) is 0 Å². The lowest BCUT2D eigenvalue weighted by molar-refractivity contribution is -0.351. The zero-order valence-electron chi connectivity index (χ0n) is 13.8. The number of aliphatic hydroxyl groups is 1. The Morgan fingerprint density at radius 3 is 2.74 bits per heavy atom. The first-order valence-corrected chi connectivity index (χ1v) is 8.48. The molecule has 2 aliphatic rings. The van der Waals surface area contributed by atoms with Gasteiger partial charge in [0.2, 0.25) is 0 Å². The average molecular weight is 322 g/mol. The van der Waals surface area contributed by atoms with Crippen molar-refractivity contribution in [1.82, 2.24) is 0 Å². The second-order valence-corrected chi connectivity index (χ2v) is 6.29. The Balaban J connectivity index is 1.63. The van der Waals surface area contributed by atoms with Crippen molar-refractivity contribution in [2.45, 2.75) is 57.6 Å². The van der Waals surface area contributed by atoms with Crippen molar-refractivity contribution in [3.05, 3.63) is 35.9 Å². The highest BCUT2D eigenvalue weighted by atomic mass is 16.7. The Morgan fingerprint density at radius 2 is 2.00 bits per heavy atom. The SMILES string of the molecule is CCCCOC1OC2COC(c3ccccc3)OC2C(O)C1C. The van der Waals surface area contributed by atoms with Crippen molar-refractivity contribution in [2.24, 2.45) is 5.92 Å². The molecular formula is C18H26O5. The van der Waals surface area contributed by atoms with E-state index in [1.54, 1.807) is 0 Å². The molecule has 0 aromatic heterocycles. The number of aliphatic hydroxyl groups excluding tert-OH is 1. The largest absolute Gasteiger partial charge is 0.390 e. The van der Waals surface area contributed by atoms with Gasteiger partial charge < -0.3 is 24.1 Å². The third-order valence-electron chi connectivity index (χ3n) is 4.52. The minimum atomic E-state index is -0.629. The van der Waals surface area contributed by atoms with E-state index in [2.05, 4.69) is 6.92 Å². The highest BCUT2D eigenvalue weighted by molar-refractivity contribution is 5.16. The predicted molar refractivity (Wildman–Crippen MR) is 84.7 cm³/mol. The van der Waals surface area contributed by atoms with Gasteiger partial charge in [-0.2, -0.15) is 0 Å². The van der Waals surface area contributed by atoms with E-state index in [1.165, 1.54) is 0 Å². The molecular weight excluding hydrogens is 296 g/mol. The molecule has 6 atom stereocenters. The zero-order valence-corrected chi connectivity index (χ0v) is 13.8. The van der Waals surface area contributed by atoms with E-state index in [0.717, 1.165) is 18.4 Å². The van der Waals surface area contributed by atoms with Gasteiger partial charge in [0.05, 0.1) is 12.7 Å². The monoisotopic (exact) mass is 322 g/mol. The van der Waals surface area contributed by atoms with Crippen molar-refractivity contribution >= 4 is 0 Å². The third-order valence-corrected chi connectivity index (χ3v) is 4.52. The Kier molecular flexibility index (Phi) is 5.67. The molecule has 1 aromatic rings. The summed E-state index contributed by atoms with van der Waals surface area (Å²) < 4.78 is 23.5. The van der Waals surface area contributed by atoms with Crippen molar-refractivity contribution in [1.29, 1.82) is 0 Å². The van der Waals surface area contributed by atoms with E-state index < -0.39 is 24.8 Å². The van der Waals surface area contributed by atoms with Crippen LogP contribution in [0.3, 0.4) is 0 Å². The summed E-state index contributed by atoms with van der Waals surface area (Å²) in [5, 5.41) is 10.6. The molecule has 5 nitrogen and oxygen atoms in total. The minimum Gasteiger partial charge on any atom is -0.390 e. The van der Waals surface area contributed by atoms with Gasteiger partial charge in [-0.25, -0.2) is 0 Å². The molecule has 0 saturated carbocycles. The third kappa shape index (κ3) is 3.75.